The molecule has 0 saturated carbocycles. The lowest BCUT2D eigenvalue weighted by Gasteiger charge is -2.26. The normalized spacial score (nSPS) is 16.6. The molecule has 1 N–H and O–H groups in total. The standard InChI is InChI=1S/C23H39NO/c1-3-4-5-6-7-8-9-10-11-12-17-24-22-15-13-20-14-16-23(25-2)19-21(20)18-22/h14,16,19,22,24H,3-13,15,17-18H2,1-2H3. The summed E-state index contributed by atoms with van der Waals surface area (Å²) >= 11 is 0. The van der Waals surface area contributed by atoms with Crippen molar-refractivity contribution in [2.75, 3.05) is 13.7 Å². The summed E-state index contributed by atoms with van der Waals surface area (Å²) in [5.41, 5.74) is 2.99. The number of hydrogen-bond donors (Lipinski definition) is 1. The number of aryl methyl sites for hydroxylation is 1. The summed E-state index contributed by atoms with van der Waals surface area (Å²) in [4.78, 5) is 0. The molecule has 2 heteroatoms. The van der Waals surface area contributed by atoms with Crippen molar-refractivity contribution < 1.29 is 4.74 Å². The second-order valence-electron chi connectivity index (χ2n) is 7.71. The molecule has 1 aromatic rings. The Balaban J connectivity index is 1.49. The molecule has 1 aromatic carbocycles. The van der Waals surface area contributed by atoms with Crippen LogP contribution in [0.2, 0.25) is 0 Å². The fourth-order valence-corrected chi connectivity index (χ4v) is 3.95. The van der Waals surface area contributed by atoms with Crippen molar-refractivity contribution >= 4 is 0 Å². The Morgan fingerprint density at radius 1 is 0.920 bits per heavy atom. The third kappa shape index (κ3) is 7.81. The molecule has 2 rings (SSSR count). The van der Waals surface area contributed by atoms with Gasteiger partial charge in [-0.2, -0.15) is 0 Å². The lowest BCUT2D eigenvalue weighted by atomic mass is 9.88. The van der Waals surface area contributed by atoms with E-state index in [-0.39, 0.29) is 0 Å². The average Bonchev–Trinajstić information content (AvgIpc) is 2.65. The summed E-state index contributed by atoms with van der Waals surface area (Å²) in [5, 5.41) is 3.78. The summed E-state index contributed by atoms with van der Waals surface area (Å²) in [6.45, 7) is 3.47. The molecule has 25 heavy (non-hydrogen) atoms. The van der Waals surface area contributed by atoms with Crippen LogP contribution in [0.3, 0.4) is 0 Å². The summed E-state index contributed by atoms with van der Waals surface area (Å²) in [7, 11) is 1.76. The topological polar surface area (TPSA) is 21.3 Å². The van der Waals surface area contributed by atoms with Gasteiger partial charge in [0.05, 0.1) is 7.11 Å². The summed E-state index contributed by atoms with van der Waals surface area (Å²) < 4.78 is 5.37. The number of nitrogens with one attached hydrogen (secondary N) is 1. The second kappa shape index (κ2) is 12.4. The largest absolute Gasteiger partial charge is 0.497 e. The molecule has 1 atom stereocenters. The van der Waals surface area contributed by atoms with Gasteiger partial charge in [0.25, 0.3) is 0 Å². The van der Waals surface area contributed by atoms with Gasteiger partial charge >= 0.3 is 0 Å². The van der Waals surface area contributed by atoms with Gasteiger partial charge in [0.2, 0.25) is 0 Å². The first-order valence-electron chi connectivity index (χ1n) is 10.7. The van der Waals surface area contributed by atoms with Crippen molar-refractivity contribution in [3.05, 3.63) is 29.3 Å². The highest BCUT2D eigenvalue weighted by atomic mass is 16.5. The van der Waals surface area contributed by atoms with Crippen molar-refractivity contribution in [1.82, 2.24) is 5.32 Å². The second-order valence-corrected chi connectivity index (χ2v) is 7.71. The SMILES string of the molecule is CCCCCCCCCCCCNC1CCc2ccc(OC)cc2C1. The summed E-state index contributed by atoms with van der Waals surface area (Å²) in [5.74, 6) is 0.995. The molecule has 0 bridgehead atoms. The number of unbranched alkanes of at least 4 members (excludes halogenated alkanes) is 9. The zero-order valence-corrected chi connectivity index (χ0v) is 16.6. The van der Waals surface area contributed by atoms with Crippen LogP contribution < -0.4 is 10.1 Å². The first kappa shape index (κ1) is 20.3. The van der Waals surface area contributed by atoms with Crippen LogP contribution >= 0.6 is 0 Å². The molecule has 1 aliphatic carbocycles. The summed E-state index contributed by atoms with van der Waals surface area (Å²) in [6, 6.07) is 7.21. The Labute approximate surface area is 155 Å². The molecule has 0 aliphatic heterocycles. The van der Waals surface area contributed by atoms with Gasteiger partial charge < -0.3 is 10.1 Å². The van der Waals surface area contributed by atoms with Gasteiger partial charge in [-0.1, -0.05) is 70.8 Å². The number of methoxy groups -OCH3 is 1. The minimum absolute atomic E-state index is 0.651. The van der Waals surface area contributed by atoms with E-state index in [1.165, 1.54) is 94.7 Å². The van der Waals surface area contributed by atoms with Gasteiger partial charge in [-0.05, 0) is 55.5 Å². The minimum Gasteiger partial charge on any atom is -0.497 e. The predicted molar refractivity (Wildman–Crippen MR) is 109 cm³/mol. The maximum Gasteiger partial charge on any atom is 0.119 e. The number of rotatable bonds is 13. The van der Waals surface area contributed by atoms with E-state index in [0.29, 0.717) is 6.04 Å². The van der Waals surface area contributed by atoms with Crippen LogP contribution in [0.15, 0.2) is 18.2 Å². The van der Waals surface area contributed by atoms with E-state index >= 15 is 0 Å². The maximum atomic E-state index is 5.37. The molecule has 0 aromatic heterocycles. The number of ether oxygens (including phenoxy) is 1. The van der Waals surface area contributed by atoms with E-state index in [9.17, 15) is 0 Å². The molecule has 1 aliphatic rings. The molecule has 1 unspecified atom stereocenters. The fourth-order valence-electron chi connectivity index (χ4n) is 3.95. The van der Waals surface area contributed by atoms with Crippen LogP contribution in [0.1, 0.15) is 88.7 Å². The Morgan fingerprint density at radius 3 is 2.28 bits per heavy atom. The minimum atomic E-state index is 0.651. The van der Waals surface area contributed by atoms with Gasteiger partial charge in [0.15, 0.2) is 0 Å². The van der Waals surface area contributed by atoms with Crippen molar-refractivity contribution in [2.45, 2.75) is 96.4 Å². The molecule has 2 nitrogen and oxygen atoms in total. The maximum absolute atomic E-state index is 5.37. The third-order valence-corrected chi connectivity index (χ3v) is 5.61. The third-order valence-electron chi connectivity index (χ3n) is 5.61. The molecular weight excluding hydrogens is 306 g/mol. The summed E-state index contributed by atoms with van der Waals surface area (Å²) in [6.07, 6.45) is 17.8. The van der Waals surface area contributed by atoms with Gasteiger partial charge in [0.1, 0.15) is 5.75 Å². The highest BCUT2D eigenvalue weighted by Gasteiger charge is 2.18. The number of fused-ring (bicyclic) bond motifs is 1. The Kier molecular flexibility index (Phi) is 10.0. The van der Waals surface area contributed by atoms with Gasteiger partial charge in [0, 0.05) is 6.04 Å². The molecule has 0 heterocycles. The molecule has 0 spiro atoms. The molecular formula is C23H39NO. The van der Waals surface area contributed by atoms with Crippen LogP contribution in [0.5, 0.6) is 5.75 Å². The first-order valence-corrected chi connectivity index (χ1v) is 10.7. The van der Waals surface area contributed by atoms with Crippen LogP contribution in [0.25, 0.3) is 0 Å². The van der Waals surface area contributed by atoms with Crippen molar-refractivity contribution in [2.24, 2.45) is 0 Å². The van der Waals surface area contributed by atoms with E-state index < -0.39 is 0 Å². The number of benzene rings is 1. The quantitative estimate of drug-likeness (QED) is 0.439. The lowest BCUT2D eigenvalue weighted by Crippen LogP contribution is -2.35. The molecule has 0 amide bonds. The van der Waals surface area contributed by atoms with E-state index in [0.717, 1.165) is 12.2 Å². The van der Waals surface area contributed by atoms with E-state index in [1.807, 2.05) is 0 Å². The predicted octanol–water partition coefficient (Wildman–Crippen LogP) is 6.06. The van der Waals surface area contributed by atoms with Crippen LogP contribution in [-0.2, 0) is 12.8 Å². The van der Waals surface area contributed by atoms with Crippen molar-refractivity contribution in [3.8, 4) is 5.75 Å². The average molecular weight is 346 g/mol. The highest BCUT2D eigenvalue weighted by molar-refractivity contribution is 5.37. The molecule has 142 valence electrons. The Bertz CT molecular complexity index is 471. The van der Waals surface area contributed by atoms with Gasteiger partial charge in [-0.15, -0.1) is 0 Å². The highest BCUT2D eigenvalue weighted by Crippen LogP contribution is 2.25. The lowest BCUT2D eigenvalue weighted by molar-refractivity contribution is 0.410. The number of hydrogen-bond acceptors (Lipinski definition) is 2. The molecule has 0 fully saturated rings. The zero-order chi connectivity index (χ0) is 17.7. The monoisotopic (exact) mass is 345 g/mol. The van der Waals surface area contributed by atoms with Crippen LogP contribution in [-0.4, -0.2) is 19.7 Å². The molecule has 0 saturated heterocycles. The Morgan fingerprint density at radius 2 is 1.60 bits per heavy atom. The van der Waals surface area contributed by atoms with Crippen molar-refractivity contribution in [1.29, 1.82) is 0 Å². The van der Waals surface area contributed by atoms with Gasteiger partial charge in [-0.25, -0.2) is 0 Å². The van der Waals surface area contributed by atoms with E-state index in [1.54, 1.807) is 7.11 Å². The fraction of sp³-hybridized carbons (Fsp3) is 0.739. The first-order chi connectivity index (χ1) is 12.3. The van der Waals surface area contributed by atoms with Crippen molar-refractivity contribution in [3.63, 3.8) is 0 Å². The van der Waals surface area contributed by atoms with E-state index in [2.05, 4.69) is 30.4 Å². The van der Waals surface area contributed by atoms with Crippen LogP contribution in [0, 0.1) is 0 Å². The van der Waals surface area contributed by atoms with Gasteiger partial charge in [-0.3, -0.25) is 0 Å². The molecule has 0 radical (unpaired) electrons. The smallest absolute Gasteiger partial charge is 0.119 e. The Hall–Kier alpha value is -1.02. The zero-order valence-electron chi connectivity index (χ0n) is 16.6. The van der Waals surface area contributed by atoms with E-state index in [4.69, 9.17) is 4.74 Å². The van der Waals surface area contributed by atoms with Crippen LogP contribution in [0.4, 0.5) is 0 Å².